The fourth-order valence-corrected chi connectivity index (χ4v) is 2.00. The Morgan fingerprint density at radius 2 is 2.05 bits per heavy atom. The number of nitrogens with zero attached hydrogens (tertiary/aromatic N) is 3. The van der Waals surface area contributed by atoms with Gasteiger partial charge in [-0.2, -0.15) is 0 Å². The number of imidazole rings is 1. The van der Waals surface area contributed by atoms with Crippen molar-refractivity contribution in [2.24, 2.45) is 0 Å². The van der Waals surface area contributed by atoms with Crippen LogP contribution in [0.3, 0.4) is 0 Å². The molecule has 0 unspecified atom stereocenters. The molecule has 20 heavy (non-hydrogen) atoms. The number of fused-ring (bicyclic) bond motifs is 1. The summed E-state index contributed by atoms with van der Waals surface area (Å²) >= 11 is 0. The molecule has 2 heterocycles. The molecule has 0 amide bonds. The van der Waals surface area contributed by atoms with Gasteiger partial charge >= 0.3 is 5.69 Å². The van der Waals surface area contributed by atoms with Crippen LogP contribution in [0.2, 0.25) is 0 Å². The Bertz CT molecular complexity index is 833. The molecule has 100 valence electrons. The molecular formula is C14H12N4O2. The van der Waals surface area contributed by atoms with Crippen LogP contribution in [0.15, 0.2) is 41.3 Å². The maximum atomic E-state index is 12.0. The number of H-pyrrole nitrogens is 1. The van der Waals surface area contributed by atoms with Gasteiger partial charge in [0, 0.05) is 6.92 Å². The summed E-state index contributed by atoms with van der Waals surface area (Å²) in [6, 6.07) is 9.57. The van der Waals surface area contributed by atoms with Gasteiger partial charge in [0.25, 0.3) is 0 Å². The van der Waals surface area contributed by atoms with E-state index in [0.29, 0.717) is 17.8 Å². The van der Waals surface area contributed by atoms with E-state index in [4.69, 9.17) is 0 Å². The summed E-state index contributed by atoms with van der Waals surface area (Å²) in [5.41, 5.74) is 1.72. The maximum Gasteiger partial charge on any atom is 0.329 e. The maximum absolute atomic E-state index is 12.0. The minimum Gasteiger partial charge on any atom is -0.293 e. The smallest absolute Gasteiger partial charge is 0.293 e. The topological polar surface area (TPSA) is 80.6 Å². The molecule has 3 aromatic rings. The molecule has 2 aromatic heterocycles. The Kier molecular flexibility index (Phi) is 2.90. The second-order valence-corrected chi connectivity index (χ2v) is 4.49. The highest BCUT2D eigenvalue weighted by molar-refractivity contribution is 5.93. The van der Waals surface area contributed by atoms with Crippen molar-refractivity contribution in [1.29, 1.82) is 0 Å². The zero-order valence-electron chi connectivity index (χ0n) is 10.8. The molecule has 0 atom stereocenters. The Hall–Kier alpha value is -2.76. The molecule has 3 rings (SSSR count). The van der Waals surface area contributed by atoms with E-state index in [1.54, 1.807) is 0 Å². The van der Waals surface area contributed by atoms with Crippen LogP contribution in [0.4, 0.5) is 0 Å². The summed E-state index contributed by atoms with van der Waals surface area (Å²) in [5.74, 6) is -0.181. The van der Waals surface area contributed by atoms with Gasteiger partial charge in [0.05, 0.1) is 12.7 Å². The number of aromatic amines is 1. The summed E-state index contributed by atoms with van der Waals surface area (Å²) < 4.78 is 1.48. The Morgan fingerprint density at radius 3 is 2.75 bits per heavy atom. The summed E-state index contributed by atoms with van der Waals surface area (Å²) in [7, 11) is 0. The molecule has 6 nitrogen and oxygen atoms in total. The zero-order chi connectivity index (χ0) is 14.1. The molecule has 6 heteroatoms. The van der Waals surface area contributed by atoms with Crippen LogP contribution < -0.4 is 5.69 Å². The molecule has 0 spiro atoms. The fraction of sp³-hybridized carbons (Fsp3) is 0.143. The van der Waals surface area contributed by atoms with Crippen LogP contribution in [0.5, 0.6) is 0 Å². The lowest BCUT2D eigenvalue weighted by molar-refractivity contribution is 0.101. The first-order chi connectivity index (χ1) is 9.65. The van der Waals surface area contributed by atoms with Gasteiger partial charge in [-0.15, -0.1) is 0 Å². The van der Waals surface area contributed by atoms with Gasteiger partial charge in [-0.1, -0.05) is 30.3 Å². The quantitative estimate of drug-likeness (QED) is 0.727. The molecule has 1 N–H and O–H groups in total. The van der Waals surface area contributed by atoms with Crippen molar-refractivity contribution < 1.29 is 4.79 Å². The van der Waals surface area contributed by atoms with Gasteiger partial charge in [0.1, 0.15) is 5.69 Å². The van der Waals surface area contributed by atoms with E-state index in [2.05, 4.69) is 15.0 Å². The van der Waals surface area contributed by atoms with Crippen molar-refractivity contribution >= 4 is 17.1 Å². The fourth-order valence-electron chi connectivity index (χ4n) is 2.00. The number of benzene rings is 1. The third kappa shape index (κ3) is 2.11. The van der Waals surface area contributed by atoms with Crippen LogP contribution in [0.1, 0.15) is 23.0 Å². The van der Waals surface area contributed by atoms with Gasteiger partial charge in [-0.05, 0) is 5.56 Å². The minimum absolute atomic E-state index is 0.181. The van der Waals surface area contributed by atoms with E-state index in [-0.39, 0.29) is 17.2 Å². The Morgan fingerprint density at radius 1 is 1.30 bits per heavy atom. The minimum atomic E-state index is -0.287. The molecule has 0 bridgehead atoms. The predicted octanol–water partition coefficient (Wildman–Crippen LogP) is 1.37. The van der Waals surface area contributed by atoms with E-state index in [1.807, 2.05) is 30.3 Å². The van der Waals surface area contributed by atoms with Crippen LogP contribution >= 0.6 is 0 Å². The molecular weight excluding hydrogens is 256 g/mol. The Labute approximate surface area is 114 Å². The first kappa shape index (κ1) is 12.3. The van der Waals surface area contributed by atoms with Crippen LogP contribution in [-0.4, -0.2) is 25.3 Å². The summed E-state index contributed by atoms with van der Waals surface area (Å²) in [5, 5.41) is 0. The lowest BCUT2D eigenvalue weighted by atomic mass is 10.2. The number of carbonyl (C=O) groups is 1. The second kappa shape index (κ2) is 4.73. The van der Waals surface area contributed by atoms with Crippen molar-refractivity contribution in [3.05, 3.63) is 58.3 Å². The van der Waals surface area contributed by atoms with Crippen molar-refractivity contribution in [2.45, 2.75) is 13.5 Å². The molecule has 0 fully saturated rings. The molecule has 0 saturated heterocycles. The lowest BCUT2D eigenvalue weighted by Crippen LogP contribution is -2.17. The first-order valence-corrected chi connectivity index (χ1v) is 6.15. The number of ketones is 1. The SMILES string of the molecule is CC(=O)c1cnc2[nH]c(=O)n(Cc3ccccc3)c2n1. The highest BCUT2D eigenvalue weighted by Gasteiger charge is 2.12. The van der Waals surface area contributed by atoms with Crippen LogP contribution in [-0.2, 0) is 6.54 Å². The summed E-state index contributed by atoms with van der Waals surface area (Å²) in [6.45, 7) is 1.80. The standard InChI is InChI=1S/C14H12N4O2/c1-9(19)11-7-15-12-13(16-11)18(14(20)17-12)8-10-5-3-2-4-6-10/h2-7H,8H2,1H3,(H,15,17,20). The molecule has 1 aromatic carbocycles. The molecule has 0 aliphatic rings. The van der Waals surface area contributed by atoms with Gasteiger partial charge in [0.2, 0.25) is 0 Å². The predicted molar refractivity (Wildman–Crippen MR) is 73.7 cm³/mol. The molecule has 0 aliphatic heterocycles. The number of Topliss-reactive ketones (excluding diaryl/α,β-unsaturated/α-hetero) is 1. The van der Waals surface area contributed by atoms with Gasteiger partial charge < -0.3 is 0 Å². The van der Waals surface area contributed by atoms with Gasteiger partial charge in [-0.3, -0.25) is 14.3 Å². The van der Waals surface area contributed by atoms with Crippen molar-refractivity contribution in [2.75, 3.05) is 0 Å². The highest BCUT2D eigenvalue weighted by atomic mass is 16.1. The van der Waals surface area contributed by atoms with Crippen molar-refractivity contribution in [3.63, 3.8) is 0 Å². The third-order valence-corrected chi connectivity index (χ3v) is 3.02. The van der Waals surface area contributed by atoms with E-state index >= 15 is 0 Å². The number of hydrogen-bond acceptors (Lipinski definition) is 4. The largest absolute Gasteiger partial charge is 0.329 e. The normalized spacial score (nSPS) is 10.8. The van der Waals surface area contributed by atoms with Crippen LogP contribution in [0, 0.1) is 0 Å². The van der Waals surface area contributed by atoms with E-state index in [0.717, 1.165) is 5.56 Å². The zero-order valence-corrected chi connectivity index (χ0v) is 10.8. The summed E-state index contributed by atoms with van der Waals surface area (Å²) in [4.78, 5) is 34.2. The lowest BCUT2D eigenvalue weighted by Gasteiger charge is -2.03. The van der Waals surface area contributed by atoms with E-state index in [9.17, 15) is 9.59 Å². The van der Waals surface area contributed by atoms with E-state index in [1.165, 1.54) is 17.7 Å². The average Bonchev–Trinajstić information content (AvgIpc) is 2.75. The number of nitrogens with one attached hydrogen (secondary N) is 1. The summed E-state index contributed by atoms with van der Waals surface area (Å²) in [6.07, 6.45) is 1.37. The molecule has 0 saturated carbocycles. The molecule has 0 radical (unpaired) electrons. The number of rotatable bonds is 3. The second-order valence-electron chi connectivity index (χ2n) is 4.49. The van der Waals surface area contributed by atoms with Gasteiger partial charge in [0.15, 0.2) is 17.1 Å². The number of aromatic nitrogens is 4. The van der Waals surface area contributed by atoms with Crippen molar-refractivity contribution in [1.82, 2.24) is 19.5 Å². The average molecular weight is 268 g/mol. The molecule has 0 aliphatic carbocycles. The Balaban J connectivity index is 2.14. The van der Waals surface area contributed by atoms with Crippen molar-refractivity contribution in [3.8, 4) is 0 Å². The van der Waals surface area contributed by atoms with Gasteiger partial charge in [-0.25, -0.2) is 14.8 Å². The van der Waals surface area contributed by atoms with Crippen LogP contribution in [0.25, 0.3) is 11.3 Å². The highest BCUT2D eigenvalue weighted by Crippen LogP contribution is 2.09. The third-order valence-electron chi connectivity index (χ3n) is 3.02. The monoisotopic (exact) mass is 268 g/mol. The number of hydrogen-bond donors (Lipinski definition) is 1. The first-order valence-electron chi connectivity index (χ1n) is 6.15. The number of carbonyl (C=O) groups excluding carboxylic acids is 1. The van der Waals surface area contributed by atoms with E-state index < -0.39 is 0 Å².